The van der Waals surface area contributed by atoms with Crippen LogP contribution in [-0.2, 0) is 14.3 Å². The van der Waals surface area contributed by atoms with Gasteiger partial charge in [-0.05, 0) is 18.6 Å². The number of piperidine rings is 1. The Morgan fingerprint density at radius 1 is 1.36 bits per heavy atom. The van der Waals surface area contributed by atoms with Crippen LogP contribution in [0, 0.1) is 5.92 Å². The summed E-state index contributed by atoms with van der Waals surface area (Å²) in [6.45, 7) is 3.51. The van der Waals surface area contributed by atoms with Gasteiger partial charge in [-0.2, -0.15) is 0 Å². The summed E-state index contributed by atoms with van der Waals surface area (Å²) in [4.78, 5) is 29.8. The molecule has 0 spiro atoms. The van der Waals surface area contributed by atoms with Gasteiger partial charge >= 0.3 is 0 Å². The summed E-state index contributed by atoms with van der Waals surface area (Å²) in [5.41, 5.74) is 0.680. The number of carbonyl (C=O) groups is 2. The molecule has 0 unspecified atom stereocenters. The highest BCUT2D eigenvalue weighted by molar-refractivity contribution is 5.94. The first-order valence-corrected chi connectivity index (χ1v) is 7.59. The third-order valence-electron chi connectivity index (χ3n) is 3.99. The molecule has 0 aliphatic carbocycles. The van der Waals surface area contributed by atoms with Gasteiger partial charge in [0.15, 0.2) is 0 Å². The number of nitrogens with one attached hydrogen (secondary N) is 2. The Hall–Kier alpha value is -2.15. The lowest BCUT2D eigenvalue weighted by molar-refractivity contribution is -0.126. The highest BCUT2D eigenvalue weighted by Crippen LogP contribution is 2.17. The second-order valence-corrected chi connectivity index (χ2v) is 5.53. The maximum Gasteiger partial charge on any atom is 0.229 e. The number of aromatic nitrogens is 1. The van der Waals surface area contributed by atoms with E-state index in [9.17, 15) is 9.59 Å². The van der Waals surface area contributed by atoms with Gasteiger partial charge in [-0.1, -0.05) is 0 Å². The number of hydrogen-bond acceptors (Lipinski definition) is 5. The fourth-order valence-electron chi connectivity index (χ4n) is 2.64. The summed E-state index contributed by atoms with van der Waals surface area (Å²) in [5.74, 6) is 0.671. The van der Waals surface area contributed by atoms with Crippen molar-refractivity contribution >= 4 is 23.3 Å². The average Bonchev–Trinajstić information content (AvgIpc) is 2.57. The van der Waals surface area contributed by atoms with Gasteiger partial charge in [0.2, 0.25) is 11.8 Å². The van der Waals surface area contributed by atoms with Gasteiger partial charge in [-0.15, -0.1) is 0 Å². The van der Waals surface area contributed by atoms with Crippen molar-refractivity contribution in [2.45, 2.75) is 12.8 Å². The molecular weight excluding hydrogens is 284 g/mol. The first-order chi connectivity index (χ1) is 10.7. The van der Waals surface area contributed by atoms with Crippen LogP contribution in [0.3, 0.4) is 0 Å². The van der Waals surface area contributed by atoms with Crippen molar-refractivity contribution in [3.05, 3.63) is 18.3 Å². The van der Waals surface area contributed by atoms with Crippen LogP contribution in [-0.4, -0.2) is 49.6 Å². The Bertz CT molecular complexity index is 530. The van der Waals surface area contributed by atoms with Crippen LogP contribution in [0.25, 0.3) is 0 Å². The number of nitrogens with zero attached hydrogens (tertiary/aromatic N) is 2. The number of rotatable bonds is 3. The van der Waals surface area contributed by atoms with E-state index in [1.165, 1.54) is 0 Å². The maximum atomic E-state index is 12.1. The fourth-order valence-corrected chi connectivity index (χ4v) is 2.64. The number of anilines is 2. The summed E-state index contributed by atoms with van der Waals surface area (Å²) >= 11 is 0. The van der Waals surface area contributed by atoms with Crippen LogP contribution < -0.4 is 15.5 Å². The molecular formula is C15H20N4O3. The van der Waals surface area contributed by atoms with Crippen molar-refractivity contribution in [1.29, 1.82) is 0 Å². The van der Waals surface area contributed by atoms with Crippen molar-refractivity contribution in [2.24, 2.45) is 5.92 Å². The number of hydrogen-bond donors (Lipinski definition) is 2. The standard InChI is InChI=1S/C15H20N4O3/c20-14-4-1-11(9-17-14)15(21)18-12-2-3-13(16-10-12)19-5-7-22-8-6-19/h2-3,10-11H,1,4-9H2,(H,17,20)(H,18,21)/t11-/m1/s1. The van der Waals surface area contributed by atoms with Gasteiger partial charge in [0.25, 0.3) is 0 Å². The minimum atomic E-state index is -0.170. The molecule has 1 aromatic rings. The molecule has 7 nitrogen and oxygen atoms in total. The van der Waals surface area contributed by atoms with Gasteiger partial charge in [-0.25, -0.2) is 4.98 Å². The second-order valence-electron chi connectivity index (χ2n) is 5.53. The summed E-state index contributed by atoms with van der Waals surface area (Å²) in [5, 5.41) is 5.58. The lowest BCUT2D eigenvalue weighted by Crippen LogP contribution is -2.40. The Labute approximate surface area is 129 Å². The molecule has 3 rings (SSSR count). The van der Waals surface area contributed by atoms with Crippen LogP contribution in [0.4, 0.5) is 11.5 Å². The third kappa shape index (κ3) is 3.54. The van der Waals surface area contributed by atoms with Crippen LogP contribution in [0.15, 0.2) is 18.3 Å². The molecule has 118 valence electrons. The molecule has 2 N–H and O–H groups in total. The lowest BCUT2D eigenvalue weighted by atomic mass is 9.98. The maximum absolute atomic E-state index is 12.1. The lowest BCUT2D eigenvalue weighted by Gasteiger charge is -2.27. The summed E-state index contributed by atoms with van der Waals surface area (Å²) in [6, 6.07) is 3.76. The number of ether oxygens (including phenoxy) is 1. The molecule has 22 heavy (non-hydrogen) atoms. The minimum Gasteiger partial charge on any atom is -0.378 e. The molecule has 0 aromatic carbocycles. The Morgan fingerprint density at radius 2 is 2.18 bits per heavy atom. The largest absolute Gasteiger partial charge is 0.378 e. The van der Waals surface area contributed by atoms with Crippen molar-refractivity contribution in [1.82, 2.24) is 10.3 Å². The van der Waals surface area contributed by atoms with E-state index in [1.807, 2.05) is 12.1 Å². The average molecular weight is 304 g/mol. The van der Waals surface area contributed by atoms with Crippen LogP contribution in [0.2, 0.25) is 0 Å². The van der Waals surface area contributed by atoms with E-state index >= 15 is 0 Å². The molecule has 0 bridgehead atoms. The number of pyridine rings is 1. The van der Waals surface area contributed by atoms with Crippen molar-refractivity contribution in [3.8, 4) is 0 Å². The number of amides is 2. The third-order valence-corrected chi connectivity index (χ3v) is 3.99. The van der Waals surface area contributed by atoms with E-state index in [0.29, 0.717) is 38.3 Å². The normalized spacial score (nSPS) is 22.1. The predicted octanol–water partition coefficient (Wildman–Crippen LogP) is 0.383. The molecule has 1 aromatic heterocycles. The van der Waals surface area contributed by atoms with Crippen LogP contribution in [0.1, 0.15) is 12.8 Å². The second kappa shape index (κ2) is 6.74. The van der Waals surface area contributed by atoms with E-state index < -0.39 is 0 Å². The molecule has 2 aliphatic heterocycles. The van der Waals surface area contributed by atoms with E-state index in [2.05, 4.69) is 20.5 Å². The molecule has 3 heterocycles. The Kier molecular flexibility index (Phi) is 4.53. The van der Waals surface area contributed by atoms with E-state index in [0.717, 1.165) is 18.9 Å². The number of carbonyl (C=O) groups excluding carboxylic acids is 2. The smallest absolute Gasteiger partial charge is 0.229 e. The summed E-state index contributed by atoms with van der Waals surface area (Å²) in [7, 11) is 0. The first-order valence-electron chi connectivity index (χ1n) is 7.59. The molecule has 0 saturated carbocycles. The molecule has 2 fully saturated rings. The van der Waals surface area contributed by atoms with Gasteiger partial charge < -0.3 is 20.3 Å². The van der Waals surface area contributed by atoms with Gasteiger partial charge in [0.05, 0.1) is 31.0 Å². The van der Waals surface area contributed by atoms with E-state index in [4.69, 9.17) is 4.74 Å². The monoisotopic (exact) mass is 304 g/mol. The van der Waals surface area contributed by atoms with Gasteiger partial charge in [0.1, 0.15) is 5.82 Å². The van der Waals surface area contributed by atoms with Gasteiger partial charge in [0, 0.05) is 26.1 Å². The number of morpholine rings is 1. The van der Waals surface area contributed by atoms with Crippen molar-refractivity contribution in [2.75, 3.05) is 43.1 Å². The zero-order chi connectivity index (χ0) is 15.4. The zero-order valence-corrected chi connectivity index (χ0v) is 12.4. The fraction of sp³-hybridized carbons (Fsp3) is 0.533. The van der Waals surface area contributed by atoms with Gasteiger partial charge in [-0.3, -0.25) is 9.59 Å². The van der Waals surface area contributed by atoms with Crippen molar-refractivity contribution < 1.29 is 14.3 Å². The zero-order valence-electron chi connectivity index (χ0n) is 12.4. The quantitative estimate of drug-likeness (QED) is 0.843. The first kappa shape index (κ1) is 14.8. The van der Waals surface area contributed by atoms with Crippen molar-refractivity contribution in [3.63, 3.8) is 0 Å². The topological polar surface area (TPSA) is 83.6 Å². The van der Waals surface area contributed by atoms with Crippen LogP contribution >= 0.6 is 0 Å². The van der Waals surface area contributed by atoms with E-state index in [-0.39, 0.29) is 17.7 Å². The summed E-state index contributed by atoms with van der Waals surface area (Å²) < 4.78 is 5.32. The highest BCUT2D eigenvalue weighted by Gasteiger charge is 2.24. The summed E-state index contributed by atoms with van der Waals surface area (Å²) in [6.07, 6.45) is 2.67. The van der Waals surface area contributed by atoms with Crippen LogP contribution in [0.5, 0.6) is 0 Å². The SMILES string of the molecule is O=C1CC[C@@H](C(=O)Nc2ccc(N3CCOCC3)nc2)CN1. The predicted molar refractivity (Wildman–Crippen MR) is 81.6 cm³/mol. The molecule has 2 aliphatic rings. The molecule has 1 atom stereocenters. The molecule has 0 radical (unpaired) electrons. The highest BCUT2D eigenvalue weighted by atomic mass is 16.5. The molecule has 7 heteroatoms. The minimum absolute atomic E-state index is 0.0144. The van der Waals surface area contributed by atoms with E-state index in [1.54, 1.807) is 6.20 Å². The molecule has 2 amide bonds. The Balaban J connectivity index is 1.56. The molecule has 2 saturated heterocycles. The Morgan fingerprint density at radius 3 is 2.82 bits per heavy atom.